The molecule has 2 heteroatoms. The standard InChI is InChI=1S/C15H18N2/c1-10(2)14-15-12(8-9-16-14)11-6-4-5-7-13(11)17(15)3/h4-7,10H,8-9H2,1-3H3. The molecule has 2 heterocycles. The molecule has 0 saturated heterocycles. The Kier molecular flexibility index (Phi) is 2.32. The minimum atomic E-state index is 0.497. The van der Waals surface area contributed by atoms with Crippen molar-refractivity contribution in [3.05, 3.63) is 35.5 Å². The van der Waals surface area contributed by atoms with Gasteiger partial charge in [0.05, 0.1) is 11.4 Å². The Hall–Kier alpha value is -1.57. The first kappa shape index (κ1) is 10.6. The SMILES string of the molecule is CC(C)C1=NCCc2c1n(C)c1ccccc21. The number of hydrogen-bond acceptors (Lipinski definition) is 1. The molecule has 2 nitrogen and oxygen atoms in total. The highest BCUT2D eigenvalue weighted by Crippen LogP contribution is 2.30. The van der Waals surface area contributed by atoms with Crippen LogP contribution in [0.3, 0.4) is 0 Å². The second-order valence-corrected chi connectivity index (χ2v) is 5.07. The van der Waals surface area contributed by atoms with Crippen LogP contribution in [0.2, 0.25) is 0 Å². The van der Waals surface area contributed by atoms with Crippen LogP contribution in [0.4, 0.5) is 0 Å². The molecule has 0 fully saturated rings. The van der Waals surface area contributed by atoms with Crippen LogP contribution < -0.4 is 0 Å². The molecule has 1 aromatic heterocycles. The summed E-state index contributed by atoms with van der Waals surface area (Å²) in [4.78, 5) is 4.72. The third-order valence-electron chi connectivity index (χ3n) is 3.65. The highest BCUT2D eigenvalue weighted by Gasteiger charge is 2.23. The van der Waals surface area contributed by atoms with Crippen molar-refractivity contribution in [3.8, 4) is 0 Å². The van der Waals surface area contributed by atoms with Crippen LogP contribution in [-0.2, 0) is 13.5 Å². The van der Waals surface area contributed by atoms with Crippen LogP contribution >= 0.6 is 0 Å². The first-order chi connectivity index (χ1) is 8.20. The molecule has 0 bridgehead atoms. The Morgan fingerprint density at radius 1 is 1.24 bits per heavy atom. The van der Waals surface area contributed by atoms with E-state index in [-0.39, 0.29) is 0 Å². The lowest BCUT2D eigenvalue weighted by Crippen LogP contribution is -2.20. The zero-order chi connectivity index (χ0) is 12.0. The van der Waals surface area contributed by atoms with Gasteiger partial charge in [-0.3, -0.25) is 4.99 Å². The molecule has 0 radical (unpaired) electrons. The van der Waals surface area contributed by atoms with Crippen molar-refractivity contribution in [2.75, 3.05) is 6.54 Å². The van der Waals surface area contributed by atoms with Gasteiger partial charge in [-0.1, -0.05) is 32.0 Å². The van der Waals surface area contributed by atoms with E-state index in [2.05, 4.69) is 49.7 Å². The van der Waals surface area contributed by atoms with Gasteiger partial charge in [-0.2, -0.15) is 0 Å². The number of aryl methyl sites for hydroxylation is 1. The zero-order valence-electron chi connectivity index (χ0n) is 10.7. The van der Waals surface area contributed by atoms with Crippen LogP contribution in [0.25, 0.3) is 10.9 Å². The normalized spacial score (nSPS) is 15.2. The average molecular weight is 226 g/mol. The van der Waals surface area contributed by atoms with E-state index in [4.69, 9.17) is 4.99 Å². The summed E-state index contributed by atoms with van der Waals surface area (Å²) in [7, 11) is 2.16. The van der Waals surface area contributed by atoms with Crippen LogP contribution in [0, 0.1) is 5.92 Å². The summed E-state index contributed by atoms with van der Waals surface area (Å²) >= 11 is 0. The zero-order valence-corrected chi connectivity index (χ0v) is 10.7. The second kappa shape index (κ2) is 3.73. The van der Waals surface area contributed by atoms with Crippen LogP contribution in [0.1, 0.15) is 25.1 Å². The van der Waals surface area contributed by atoms with Crippen LogP contribution in [-0.4, -0.2) is 16.8 Å². The number of benzene rings is 1. The molecule has 0 aliphatic carbocycles. The van der Waals surface area contributed by atoms with E-state index in [9.17, 15) is 0 Å². The maximum Gasteiger partial charge on any atom is 0.0665 e. The Morgan fingerprint density at radius 3 is 2.76 bits per heavy atom. The number of nitrogens with zero attached hydrogens (tertiary/aromatic N) is 2. The summed E-state index contributed by atoms with van der Waals surface area (Å²) in [5.41, 5.74) is 5.44. The fourth-order valence-electron chi connectivity index (χ4n) is 2.87. The number of aliphatic imine (C=N–C) groups is 1. The van der Waals surface area contributed by atoms with E-state index in [0.29, 0.717) is 5.92 Å². The number of aromatic nitrogens is 1. The van der Waals surface area contributed by atoms with Crippen molar-refractivity contribution in [2.24, 2.45) is 18.0 Å². The van der Waals surface area contributed by atoms with Crippen molar-refractivity contribution in [3.63, 3.8) is 0 Å². The Balaban J connectivity index is 2.36. The molecule has 0 spiro atoms. The van der Waals surface area contributed by atoms with Crippen LogP contribution in [0.15, 0.2) is 29.3 Å². The fourth-order valence-corrected chi connectivity index (χ4v) is 2.87. The minimum absolute atomic E-state index is 0.497. The van der Waals surface area contributed by atoms with Gasteiger partial charge in [-0.25, -0.2) is 0 Å². The van der Waals surface area contributed by atoms with Crippen molar-refractivity contribution in [1.82, 2.24) is 4.57 Å². The molecular weight excluding hydrogens is 208 g/mol. The molecule has 1 aliphatic rings. The number of rotatable bonds is 1. The number of para-hydroxylation sites is 1. The van der Waals surface area contributed by atoms with E-state index in [1.807, 2.05) is 0 Å². The van der Waals surface area contributed by atoms with Gasteiger partial charge in [0.25, 0.3) is 0 Å². The molecule has 1 aliphatic heterocycles. The van der Waals surface area contributed by atoms with Gasteiger partial charge in [0.15, 0.2) is 0 Å². The molecule has 0 N–H and O–H groups in total. The third-order valence-corrected chi connectivity index (χ3v) is 3.65. The molecule has 1 aromatic carbocycles. The van der Waals surface area contributed by atoms with E-state index < -0.39 is 0 Å². The Labute approximate surface area is 102 Å². The summed E-state index contributed by atoms with van der Waals surface area (Å²) in [6, 6.07) is 8.67. The van der Waals surface area contributed by atoms with Crippen molar-refractivity contribution in [2.45, 2.75) is 20.3 Å². The second-order valence-electron chi connectivity index (χ2n) is 5.07. The Morgan fingerprint density at radius 2 is 2.00 bits per heavy atom. The van der Waals surface area contributed by atoms with E-state index in [1.54, 1.807) is 0 Å². The third kappa shape index (κ3) is 1.43. The topological polar surface area (TPSA) is 17.3 Å². The molecule has 88 valence electrons. The van der Waals surface area contributed by atoms with Gasteiger partial charge in [0.1, 0.15) is 0 Å². The van der Waals surface area contributed by atoms with Gasteiger partial charge < -0.3 is 4.57 Å². The molecule has 0 atom stereocenters. The quantitative estimate of drug-likeness (QED) is 0.710. The van der Waals surface area contributed by atoms with Crippen molar-refractivity contribution >= 4 is 16.6 Å². The molecular formula is C15H18N2. The summed E-state index contributed by atoms with van der Waals surface area (Å²) in [6.45, 7) is 5.39. The first-order valence-electron chi connectivity index (χ1n) is 6.31. The van der Waals surface area contributed by atoms with Gasteiger partial charge >= 0.3 is 0 Å². The predicted octanol–water partition coefficient (Wildman–Crippen LogP) is 3.18. The summed E-state index contributed by atoms with van der Waals surface area (Å²) in [6.07, 6.45) is 1.08. The smallest absolute Gasteiger partial charge is 0.0665 e. The summed E-state index contributed by atoms with van der Waals surface area (Å²) in [5, 5.41) is 1.40. The van der Waals surface area contributed by atoms with E-state index >= 15 is 0 Å². The maximum atomic E-state index is 4.72. The molecule has 0 amide bonds. The largest absolute Gasteiger partial charge is 0.342 e. The molecule has 0 saturated carbocycles. The van der Waals surface area contributed by atoms with E-state index in [0.717, 1.165) is 13.0 Å². The molecule has 3 rings (SSSR count). The van der Waals surface area contributed by atoms with Crippen LogP contribution in [0.5, 0.6) is 0 Å². The highest BCUT2D eigenvalue weighted by atomic mass is 15.0. The lowest BCUT2D eigenvalue weighted by Gasteiger charge is -2.18. The van der Waals surface area contributed by atoms with E-state index in [1.165, 1.54) is 27.9 Å². The van der Waals surface area contributed by atoms with Gasteiger partial charge in [0.2, 0.25) is 0 Å². The summed E-state index contributed by atoms with van der Waals surface area (Å²) in [5.74, 6) is 0.497. The maximum absolute atomic E-state index is 4.72. The molecule has 2 aromatic rings. The average Bonchev–Trinajstić information content (AvgIpc) is 2.64. The predicted molar refractivity (Wildman–Crippen MR) is 72.9 cm³/mol. The van der Waals surface area contributed by atoms with Crippen molar-refractivity contribution in [1.29, 1.82) is 0 Å². The monoisotopic (exact) mass is 226 g/mol. The summed E-state index contributed by atoms with van der Waals surface area (Å²) < 4.78 is 2.31. The van der Waals surface area contributed by atoms with Gasteiger partial charge in [-0.15, -0.1) is 0 Å². The Bertz CT molecular complexity index is 603. The number of hydrogen-bond donors (Lipinski definition) is 0. The lowest BCUT2D eigenvalue weighted by molar-refractivity contribution is 0.810. The molecule has 0 unspecified atom stereocenters. The number of fused-ring (bicyclic) bond motifs is 3. The lowest BCUT2D eigenvalue weighted by atomic mass is 9.96. The molecule has 17 heavy (non-hydrogen) atoms. The van der Waals surface area contributed by atoms with Crippen molar-refractivity contribution < 1.29 is 0 Å². The highest BCUT2D eigenvalue weighted by molar-refractivity contribution is 6.07. The minimum Gasteiger partial charge on any atom is -0.342 e. The fraction of sp³-hybridized carbons (Fsp3) is 0.400. The first-order valence-corrected chi connectivity index (χ1v) is 6.31. The van der Waals surface area contributed by atoms with Gasteiger partial charge in [-0.05, 0) is 24.0 Å². The van der Waals surface area contributed by atoms with Gasteiger partial charge in [0, 0.05) is 24.5 Å².